The molecule has 1 amide bonds. The van der Waals surface area contributed by atoms with E-state index in [1.807, 2.05) is 6.07 Å². The average Bonchev–Trinajstić information content (AvgIpc) is 2.81. The number of benzene rings is 1. The largest absolute Gasteiger partial charge is 1.00 e. The molecule has 132 valence electrons. The van der Waals surface area contributed by atoms with Crippen molar-refractivity contribution in [3.63, 3.8) is 0 Å². The summed E-state index contributed by atoms with van der Waals surface area (Å²) in [6, 6.07) is 3.58. The first-order valence-electron chi connectivity index (χ1n) is 8.47. The maximum absolute atomic E-state index is 13.2. The normalized spacial score (nSPS) is 24.6. The molecule has 1 spiro atoms. The van der Waals surface area contributed by atoms with Crippen molar-refractivity contribution in [1.82, 2.24) is 5.32 Å². The molecule has 1 saturated carbocycles. The second-order valence-electron chi connectivity index (χ2n) is 6.83. The molecule has 26 heavy (non-hydrogen) atoms. The molecular weight excluding hydrogens is 405 g/mol. The fourth-order valence-corrected chi connectivity index (χ4v) is 4.35. The van der Waals surface area contributed by atoms with Crippen LogP contribution in [0, 0.1) is 17.8 Å². The predicted molar refractivity (Wildman–Crippen MR) is 98.7 cm³/mol. The van der Waals surface area contributed by atoms with Crippen molar-refractivity contribution >= 4 is 27.4 Å². The number of carbonyl (C=O) groups excluding carboxylic acids is 1. The molecule has 4 nitrogen and oxygen atoms in total. The third kappa shape index (κ3) is 3.71. The van der Waals surface area contributed by atoms with Gasteiger partial charge in [0, 0.05) is 21.2 Å². The molecule has 0 bridgehead atoms. The summed E-state index contributed by atoms with van der Waals surface area (Å²) in [5.74, 6) is 6.45. The van der Waals surface area contributed by atoms with Crippen LogP contribution in [0.15, 0.2) is 22.4 Å². The Morgan fingerprint density at radius 2 is 2.00 bits per heavy atom. The van der Waals surface area contributed by atoms with Crippen LogP contribution in [0.5, 0.6) is 5.75 Å². The SMILES string of the molecule is CC#Cc1cc(Br)c(C2=C([O-])C3(CCC(C)CC3)NC2=O)c(OC)c1.[Na+]. The van der Waals surface area contributed by atoms with Crippen LogP contribution in [0.1, 0.15) is 50.7 Å². The van der Waals surface area contributed by atoms with Crippen LogP contribution in [0.2, 0.25) is 0 Å². The number of rotatable bonds is 2. The molecule has 0 radical (unpaired) electrons. The van der Waals surface area contributed by atoms with Crippen molar-refractivity contribution in [2.45, 2.75) is 45.1 Å². The molecule has 1 aliphatic heterocycles. The van der Waals surface area contributed by atoms with Crippen LogP contribution < -0.4 is 44.7 Å². The predicted octanol–water partition coefficient (Wildman–Crippen LogP) is -0.0168. The second kappa shape index (κ2) is 8.39. The number of hydrogen-bond donors (Lipinski definition) is 1. The van der Waals surface area contributed by atoms with Crippen LogP contribution in [0.3, 0.4) is 0 Å². The van der Waals surface area contributed by atoms with Gasteiger partial charge in [0.2, 0.25) is 0 Å². The van der Waals surface area contributed by atoms with Crippen LogP contribution in [0.25, 0.3) is 5.57 Å². The molecule has 1 N–H and O–H groups in total. The minimum absolute atomic E-state index is 0. The van der Waals surface area contributed by atoms with E-state index in [9.17, 15) is 9.90 Å². The third-order valence-electron chi connectivity index (χ3n) is 5.16. The molecule has 2 aliphatic rings. The molecule has 0 unspecified atom stereocenters. The Morgan fingerprint density at radius 3 is 2.58 bits per heavy atom. The van der Waals surface area contributed by atoms with E-state index >= 15 is 0 Å². The van der Waals surface area contributed by atoms with Crippen molar-refractivity contribution in [2.75, 3.05) is 7.11 Å². The van der Waals surface area contributed by atoms with Gasteiger partial charge in [0.15, 0.2) is 0 Å². The summed E-state index contributed by atoms with van der Waals surface area (Å²) in [5, 5.41) is 16.2. The molecule has 0 atom stereocenters. The molecule has 1 fully saturated rings. The molecule has 1 aromatic carbocycles. The molecule has 3 rings (SSSR count). The van der Waals surface area contributed by atoms with Crippen molar-refractivity contribution < 1.29 is 44.2 Å². The van der Waals surface area contributed by atoms with Gasteiger partial charge >= 0.3 is 29.6 Å². The zero-order valence-corrected chi connectivity index (χ0v) is 19.2. The van der Waals surface area contributed by atoms with Gasteiger partial charge in [0.25, 0.3) is 5.91 Å². The van der Waals surface area contributed by atoms with Gasteiger partial charge in [-0.25, -0.2) is 0 Å². The minimum Gasteiger partial charge on any atom is -0.873 e. The smallest absolute Gasteiger partial charge is 0.873 e. The van der Waals surface area contributed by atoms with E-state index in [-0.39, 0.29) is 46.8 Å². The fourth-order valence-electron chi connectivity index (χ4n) is 3.71. The van der Waals surface area contributed by atoms with E-state index in [2.05, 4.69) is 40.0 Å². The number of carbonyl (C=O) groups is 1. The first kappa shape index (κ1) is 21.4. The second-order valence-corrected chi connectivity index (χ2v) is 7.69. The molecule has 1 heterocycles. The summed E-state index contributed by atoms with van der Waals surface area (Å²) < 4.78 is 6.11. The van der Waals surface area contributed by atoms with Gasteiger partial charge in [-0.05, 0) is 66.6 Å². The topological polar surface area (TPSA) is 61.4 Å². The Bertz CT molecular complexity index is 814. The van der Waals surface area contributed by atoms with Crippen molar-refractivity contribution in [1.29, 1.82) is 0 Å². The Balaban J connectivity index is 0.00000243. The molecule has 6 heteroatoms. The van der Waals surface area contributed by atoms with Gasteiger partial charge in [0.05, 0.1) is 12.6 Å². The summed E-state index contributed by atoms with van der Waals surface area (Å²) in [4.78, 5) is 12.7. The standard InChI is InChI=1S/C20H22BrNO3.Na/c1-4-5-13-10-14(21)16(15(11-13)25-3)17-18(23)20(22-19(17)24)8-6-12(2)7-9-20;/h10-12,23H,6-9H2,1-3H3,(H,22,24);/q;+1/p-1. The summed E-state index contributed by atoms with van der Waals surface area (Å²) in [6.45, 7) is 3.94. The van der Waals surface area contributed by atoms with Gasteiger partial charge in [-0.1, -0.05) is 18.6 Å². The van der Waals surface area contributed by atoms with Crippen molar-refractivity contribution in [3.8, 4) is 17.6 Å². The van der Waals surface area contributed by atoms with Gasteiger partial charge in [-0.3, -0.25) is 4.79 Å². The van der Waals surface area contributed by atoms with E-state index in [1.54, 1.807) is 13.0 Å². The number of hydrogen-bond acceptors (Lipinski definition) is 3. The first-order valence-corrected chi connectivity index (χ1v) is 9.26. The summed E-state index contributed by atoms with van der Waals surface area (Å²) >= 11 is 3.49. The Hall–Kier alpha value is -0.930. The van der Waals surface area contributed by atoms with E-state index in [4.69, 9.17) is 4.74 Å². The Labute approximate surface area is 185 Å². The van der Waals surface area contributed by atoms with Crippen LogP contribution >= 0.6 is 15.9 Å². The molecular formula is C20H21BrNNaO3. The Morgan fingerprint density at radius 1 is 1.35 bits per heavy atom. The first-order chi connectivity index (χ1) is 11.9. The summed E-state index contributed by atoms with van der Waals surface area (Å²) in [7, 11) is 1.53. The van der Waals surface area contributed by atoms with Crippen molar-refractivity contribution in [2.24, 2.45) is 5.92 Å². The number of halogens is 1. The Kier molecular flexibility index (Phi) is 6.90. The number of nitrogens with one attached hydrogen (secondary N) is 1. The minimum atomic E-state index is -0.745. The number of methoxy groups -OCH3 is 1. The average molecular weight is 426 g/mol. The van der Waals surface area contributed by atoms with Gasteiger partial charge in [-0.2, -0.15) is 0 Å². The van der Waals surface area contributed by atoms with Crippen LogP contribution in [-0.4, -0.2) is 18.6 Å². The monoisotopic (exact) mass is 425 g/mol. The molecule has 1 aromatic rings. The fraction of sp³-hybridized carbons (Fsp3) is 0.450. The van der Waals surface area contributed by atoms with E-state index in [1.165, 1.54) is 7.11 Å². The quantitative estimate of drug-likeness (QED) is 0.535. The van der Waals surface area contributed by atoms with E-state index < -0.39 is 5.54 Å². The molecule has 0 saturated heterocycles. The third-order valence-corrected chi connectivity index (χ3v) is 5.79. The van der Waals surface area contributed by atoms with Crippen LogP contribution in [-0.2, 0) is 4.79 Å². The maximum Gasteiger partial charge on any atom is 1.00 e. The zero-order chi connectivity index (χ0) is 18.2. The van der Waals surface area contributed by atoms with Crippen molar-refractivity contribution in [3.05, 3.63) is 33.5 Å². The maximum atomic E-state index is 13.2. The number of ether oxygens (including phenoxy) is 1. The van der Waals surface area contributed by atoms with Gasteiger partial charge in [0.1, 0.15) is 5.75 Å². The van der Waals surface area contributed by atoms with E-state index in [0.29, 0.717) is 34.5 Å². The van der Waals surface area contributed by atoms with Crippen LogP contribution in [0.4, 0.5) is 0 Å². The molecule has 1 aliphatic carbocycles. The number of amides is 1. The van der Waals surface area contributed by atoms with Gasteiger partial charge in [-0.15, -0.1) is 5.92 Å². The molecule has 0 aromatic heterocycles. The van der Waals surface area contributed by atoms with E-state index in [0.717, 1.165) is 18.4 Å². The summed E-state index contributed by atoms with van der Waals surface area (Å²) in [5.41, 5.74) is 0.727. The van der Waals surface area contributed by atoms with Gasteiger partial charge < -0.3 is 15.2 Å². The zero-order valence-electron chi connectivity index (χ0n) is 15.7. The summed E-state index contributed by atoms with van der Waals surface area (Å²) in [6.07, 6.45) is 3.29.